The zero-order valence-electron chi connectivity index (χ0n) is 15.2. The van der Waals surface area contributed by atoms with Crippen molar-refractivity contribution < 1.29 is 19.1 Å². The van der Waals surface area contributed by atoms with Crippen LogP contribution < -0.4 is 10.6 Å². The van der Waals surface area contributed by atoms with Crippen LogP contribution in [0.3, 0.4) is 0 Å². The van der Waals surface area contributed by atoms with Crippen molar-refractivity contribution in [2.45, 2.75) is 26.4 Å². The third-order valence-corrected chi connectivity index (χ3v) is 3.47. The quantitative estimate of drug-likeness (QED) is 0.438. The normalized spacial score (nSPS) is 11.8. The van der Waals surface area contributed by atoms with Crippen LogP contribution in [0.1, 0.15) is 19.4 Å². The lowest BCUT2D eigenvalue weighted by atomic mass is 10.2. The Morgan fingerprint density at radius 3 is 2.59 bits per heavy atom. The summed E-state index contributed by atoms with van der Waals surface area (Å²) < 4.78 is 6.47. The van der Waals surface area contributed by atoms with Crippen molar-refractivity contribution >= 4 is 29.5 Å². The Bertz CT molecular complexity index is 798. The van der Waals surface area contributed by atoms with Crippen LogP contribution in [-0.2, 0) is 25.7 Å². The maximum atomic E-state index is 12.0. The summed E-state index contributed by atoms with van der Waals surface area (Å²) in [6.45, 7) is 4.30. The van der Waals surface area contributed by atoms with Crippen LogP contribution in [0, 0.1) is 0 Å². The molecule has 2 aromatic rings. The number of nitrogens with zero attached hydrogens (tertiary/aromatic N) is 2. The number of carbonyl (C=O) groups is 3. The Morgan fingerprint density at radius 1 is 1.22 bits per heavy atom. The fraction of sp³-hybridized carbons (Fsp3) is 0.263. The van der Waals surface area contributed by atoms with Crippen LogP contribution in [0.15, 0.2) is 48.8 Å². The molecule has 0 aliphatic rings. The van der Waals surface area contributed by atoms with Gasteiger partial charge in [0.1, 0.15) is 0 Å². The molecule has 0 saturated carbocycles. The first kappa shape index (κ1) is 19.9. The highest BCUT2D eigenvalue weighted by atomic mass is 16.5. The second kappa shape index (κ2) is 9.91. The zero-order valence-corrected chi connectivity index (χ0v) is 15.2. The van der Waals surface area contributed by atoms with Crippen LogP contribution in [0.25, 0.3) is 6.08 Å². The van der Waals surface area contributed by atoms with Gasteiger partial charge in [0.15, 0.2) is 0 Å². The molecule has 0 saturated heterocycles. The van der Waals surface area contributed by atoms with Gasteiger partial charge in [-0.15, -0.1) is 0 Å². The average molecular weight is 370 g/mol. The van der Waals surface area contributed by atoms with Gasteiger partial charge in [0.25, 0.3) is 0 Å². The van der Waals surface area contributed by atoms with Crippen LogP contribution in [0.2, 0.25) is 0 Å². The summed E-state index contributed by atoms with van der Waals surface area (Å²) in [5, 5.41) is 9.20. The summed E-state index contributed by atoms with van der Waals surface area (Å²) in [6, 6.07) is 8.24. The van der Waals surface area contributed by atoms with Gasteiger partial charge in [-0.1, -0.05) is 12.1 Å². The number of ether oxygens (including phenoxy) is 1. The van der Waals surface area contributed by atoms with E-state index in [2.05, 4.69) is 15.7 Å². The zero-order chi connectivity index (χ0) is 19.6. The molecular formula is C19H22N4O4. The van der Waals surface area contributed by atoms with Crippen LogP contribution in [-0.4, -0.2) is 40.2 Å². The number of nitrogens with one attached hydrogen (secondary N) is 2. The van der Waals surface area contributed by atoms with E-state index in [1.54, 1.807) is 67.3 Å². The van der Waals surface area contributed by atoms with E-state index in [9.17, 15) is 14.4 Å². The van der Waals surface area contributed by atoms with E-state index in [0.717, 1.165) is 5.56 Å². The molecule has 8 nitrogen and oxygen atoms in total. The van der Waals surface area contributed by atoms with Gasteiger partial charge in [0.05, 0.1) is 13.2 Å². The number of carbonyl (C=O) groups excluding carboxylic acids is 3. The van der Waals surface area contributed by atoms with Crippen molar-refractivity contribution in [1.82, 2.24) is 15.1 Å². The van der Waals surface area contributed by atoms with Gasteiger partial charge < -0.3 is 15.4 Å². The van der Waals surface area contributed by atoms with Gasteiger partial charge in [-0.2, -0.15) is 5.10 Å². The summed E-state index contributed by atoms with van der Waals surface area (Å²) in [5.41, 5.74) is 1.24. The minimum atomic E-state index is -0.753. The maximum Gasteiger partial charge on any atom is 0.330 e. The van der Waals surface area contributed by atoms with Crippen molar-refractivity contribution in [2.75, 3.05) is 11.9 Å². The molecule has 2 amide bonds. The third kappa shape index (κ3) is 6.77. The number of rotatable bonds is 7. The van der Waals surface area contributed by atoms with Gasteiger partial charge in [0.2, 0.25) is 0 Å². The lowest BCUT2D eigenvalue weighted by Crippen LogP contribution is -2.42. The first-order valence-electron chi connectivity index (χ1n) is 8.52. The van der Waals surface area contributed by atoms with Crippen molar-refractivity contribution in [3.63, 3.8) is 0 Å². The highest BCUT2D eigenvalue weighted by Crippen LogP contribution is 2.11. The molecule has 0 fully saturated rings. The smallest absolute Gasteiger partial charge is 0.330 e. The molecule has 0 aliphatic carbocycles. The molecule has 1 heterocycles. The maximum absolute atomic E-state index is 12.0. The topological polar surface area (TPSA) is 102 Å². The molecule has 142 valence electrons. The fourth-order valence-electron chi connectivity index (χ4n) is 2.24. The molecule has 2 rings (SSSR count). The molecular weight excluding hydrogens is 348 g/mol. The molecule has 27 heavy (non-hydrogen) atoms. The first-order chi connectivity index (χ1) is 13.0. The van der Waals surface area contributed by atoms with Gasteiger partial charge in [0, 0.05) is 30.2 Å². The lowest BCUT2D eigenvalue weighted by molar-refractivity contribution is -0.137. The molecule has 0 unspecified atom stereocenters. The average Bonchev–Trinajstić information content (AvgIpc) is 3.14. The number of hydrogen-bond acceptors (Lipinski definition) is 5. The Morgan fingerprint density at radius 2 is 1.96 bits per heavy atom. The SMILES string of the molecule is CCOC(=O)/C=C/c1ccc(NC(=O)C(=O)N[C@H](C)Cn2cccn2)cc1. The highest BCUT2D eigenvalue weighted by molar-refractivity contribution is 6.39. The third-order valence-electron chi connectivity index (χ3n) is 3.47. The van der Waals surface area contributed by atoms with E-state index < -0.39 is 17.8 Å². The molecule has 0 aliphatic heterocycles. The van der Waals surface area contributed by atoms with Gasteiger partial charge >= 0.3 is 17.8 Å². The number of hydrogen-bond donors (Lipinski definition) is 2. The predicted molar refractivity (Wildman–Crippen MR) is 101 cm³/mol. The van der Waals surface area contributed by atoms with Crippen LogP contribution in [0.4, 0.5) is 5.69 Å². The summed E-state index contributed by atoms with van der Waals surface area (Å²) in [7, 11) is 0. The highest BCUT2D eigenvalue weighted by Gasteiger charge is 2.16. The van der Waals surface area contributed by atoms with E-state index in [0.29, 0.717) is 18.8 Å². The molecule has 0 bridgehead atoms. The summed E-state index contributed by atoms with van der Waals surface area (Å²) >= 11 is 0. The van der Waals surface area contributed by atoms with Gasteiger partial charge in [-0.3, -0.25) is 14.3 Å². The number of aromatic nitrogens is 2. The molecule has 2 N–H and O–H groups in total. The van der Waals surface area contributed by atoms with E-state index in [1.807, 2.05) is 0 Å². The van der Waals surface area contributed by atoms with Crippen molar-refractivity contribution in [3.8, 4) is 0 Å². The standard InChI is InChI=1S/C19H22N4O4/c1-3-27-17(24)10-7-15-5-8-16(9-6-15)22-19(26)18(25)21-14(2)13-23-12-4-11-20-23/h4-12,14H,3,13H2,1-2H3,(H,21,25)(H,22,26)/b10-7+/t14-/m1/s1. The van der Waals surface area contributed by atoms with Gasteiger partial charge in [-0.05, 0) is 43.7 Å². The van der Waals surface area contributed by atoms with Crippen LogP contribution >= 0.6 is 0 Å². The monoisotopic (exact) mass is 370 g/mol. The van der Waals surface area contributed by atoms with Crippen molar-refractivity contribution in [1.29, 1.82) is 0 Å². The summed E-state index contributed by atoms with van der Waals surface area (Å²) in [5.74, 6) is -1.89. The molecule has 1 atom stereocenters. The van der Waals surface area contributed by atoms with E-state index >= 15 is 0 Å². The molecule has 1 aromatic carbocycles. The number of amides is 2. The number of esters is 1. The first-order valence-corrected chi connectivity index (χ1v) is 8.52. The molecule has 1 aromatic heterocycles. The largest absolute Gasteiger partial charge is 0.463 e. The Kier molecular flexibility index (Phi) is 7.30. The Balaban J connectivity index is 1.83. The molecule has 0 spiro atoms. The summed E-state index contributed by atoms with van der Waals surface area (Å²) in [4.78, 5) is 35.3. The minimum Gasteiger partial charge on any atom is -0.463 e. The van der Waals surface area contributed by atoms with Crippen molar-refractivity contribution in [2.24, 2.45) is 0 Å². The van der Waals surface area contributed by atoms with Crippen LogP contribution in [0.5, 0.6) is 0 Å². The van der Waals surface area contributed by atoms with E-state index in [4.69, 9.17) is 4.74 Å². The lowest BCUT2D eigenvalue weighted by Gasteiger charge is -2.13. The second-order valence-corrected chi connectivity index (χ2v) is 5.76. The minimum absolute atomic E-state index is 0.251. The Labute approximate surface area is 157 Å². The van der Waals surface area contributed by atoms with Crippen molar-refractivity contribution in [3.05, 3.63) is 54.4 Å². The number of benzene rings is 1. The Hall–Kier alpha value is -3.42. The van der Waals surface area contributed by atoms with E-state index in [-0.39, 0.29) is 6.04 Å². The fourth-order valence-corrected chi connectivity index (χ4v) is 2.24. The van der Waals surface area contributed by atoms with Gasteiger partial charge in [-0.25, -0.2) is 4.79 Å². The molecule has 8 heteroatoms. The second-order valence-electron chi connectivity index (χ2n) is 5.76. The summed E-state index contributed by atoms with van der Waals surface area (Å²) in [6.07, 6.45) is 6.35. The van der Waals surface area contributed by atoms with E-state index in [1.165, 1.54) is 6.08 Å². The molecule has 0 radical (unpaired) electrons. The predicted octanol–water partition coefficient (Wildman–Crippen LogP) is 1.60. The number of anilines is 1.